The van der Waals surface area contributed by atoms with Crippen LogP contribution in [0.3, 0.4) is 0 Å². The van der Waals surface area contributed by atoms with Gasteiger partial charge in [0.15, 0.2) is 0 Å². The van der Waals surface area contributed by atoms with Crippen LogP contribution in [0.5, 0.6) is 5.75 Å². The number of benzene rings is 1. The fourth-order valence-corrected chi connectivity index (χ4v) is 4.84. The summed E-state index contributed by atoms with van der Waals surface area (Å²) in [5, 5.41) is 5.92. The van der Waals surface area contributed by atoms with Gasteiger partial charge in [-0.2, -0.15) is 4.98 Å². The van der Waals surface area contributed by atoms with Crippen LogP contribution in [0.15, 0.2) is 35.3 Å². The molecule has 34 heavy (non-hydrogen) atoms. The van der Waals surface area contributed by atoms with E-state index in [0.717, 1.165) is 56.9 Å². The van der Waals surface area contributed by atoms with E-state index >= 15 is 0 Å². The van der Waals surface area contributed by atoms with Crippen molar-refractivity contribution in [2.45, 2.75) is 18.9 Å². The molecule has 2 saturated heterocycles. The number of amides is 2. The molecule has 3 aliphatic heterocycles. The molecule has 0 saturated carbocycles. The number of nitrogens with two attached hydrogens (primary N) is 1. The molecule has 2 amide bonds. The number of halogens is 1. The minimum Gasteiger partial charge on any atom is -0.492 e. The van der Waals surface area contributed by atoms with Crippen molar-refractivity contribution in [1.29, 1.82) is 0 Å². The van der Waals surface area contributed by atoms with Gasteiger partial charge < -0.3 is 20.7 Å². The summed E-state index contributed by atoms with van der Waals surface area (Å²) in [6.45, 7) is 6.27. The summed E-state index contributed by atoms with van der Waals surface area (Å²) >= 11 is 0. The predicted octanol–water partition coefficient (Wildman–Crippen LogP) is 0.676. The van der Waals surface area contributed by atoms with Gasteiger partial charge in [0.05, 0.1) is 5.69 Å². The topological polar surface area (TPSA) is 118 Å². The molecule has 11 heteroatoms. The molecule has 3 aliphatic rings. The number of nitrogens with one attached hydrogen (secondary N) is 2. The average molecular weight is 490 g/mol. The van der Waals surface area contributed by atoms with Crippen LogP contribution in [0.1, 0.15) is 12.0 Å². The van der Waals surface area contributed by atoms with Crippen LogP contribution in [-0.4, -0.2) is 83.8 Å². The van der Waals surface area contributed by atoms with Crippen molar-refractivity contribution >= 4 is 24.3 Å². The van der Waals surface area contributed by atoms with Crippen molar-refractivity contribution in [3.8, 4) is 11.4 Å². The number of carbonyl (C=O) groups excluding carboxylic acids is 1. The number of urea groups is 1. The molecule has 2 atom stereocenters. The lowest BCUT2D eigenvalue weighted by atomic mass is 10.0. The van der Waals surface area contributed by atoms with Gasteiger partial charge in [-0.3, -0.25) is 14.8 Å². The Morgan fingerprint density at radius 2 is 2.06 bits per heavy atom. The molecule has 184 valence electrons. The van der Waals surface area contributed by atoms with Crippen molar-refractivity contribution in [1.82, 2.24) is 24.7 Å². The Morgan fingerprint density at radius 3 is 2.79 bits per heavy atom. The van der Waals surface area contributed by atoms with Crippen LogP contribution in [0.25, 0.3) is 5.69 Å². The molecule has 4 heterocycles. The Bertz CT molecular complexity index is 1070. The summed E-state index contributed by atoms with van der Waals surface area (Å²) < 4.78 is 7.55. The zero-order valence-corrected chi connectivity index (χ0v) is 19.9. The van der Waals surface area contributed by atoms with Gasteiger partial charge >= 0.3 is 11.7 Å². The fourth-order valence-electron chi connectivity index (χ4n) is 4.84. The van der Waals surface area contributed by atoms with Crippen molar-refractivity contribution in [3.05, 3.63) is 46.5 Å². The van der Waals surface area contributed by atoms with Crippen molar-refractivity contribution < 1.29 is 9.53 Å². The van der Waals surface area contributed by atoms with Gasteiger partial charge in [-0.1, -0.05) is 6.07 Å². The fraction of sp³-hybridized carbons (Fsp3) is 0.522. The molecule has 10 nitrogen and oxygen atoms in total. The second-order valence-electron chi connectivity index (χ2n) is 8.98. The number of rotatable bonds is 4. The number of piperazine rings is 1. The Kier molecular flexibility index (Phi) is 7.72. The van der Waals surface area contributed by atoms with Crippen LogP contribution in [0.2, 0.25) is 0 Å². The van der Waals surface area contributed by atoms with Gasteiger partial charge in [-0.25, -0.2) is 9.59 Å². The van der Waals surface area contributed by atoms with Gasteiger partial charge in [-0.15, -0.1) is 12.4 Å². The predicted molar refractivity (Wildman–Crippen MR) is 132 cm³/mol. The number of ether oxygens (including phenoxy) is 1. The number of likely N-dealkylation sites (tertiary alicyclic amines) is 1. The maximum Gasteiger partial charge on any atom is 0.354 e. The highest BCUT2D eigenvalue weighted by atomic mass is 35.5. The molecule has 0 bridgehead atoms. The monoisotopic (exact) mass is 489 g/mol. The van der Waals surface area contributed by atoms with E-state index in [9.17, 15) is 9.59 Å². The van der Waals surface area contributed by atoms with Crippen LogP contribution in [0, 0.1) is 5.92 Å². The molecule has 4 N–H and O–H groups in total. The van der Waals surface area contributed by atoms with E-state index in [1.807, 2.05) is 18.2 Å². The number of anilines is 1. The Hall–Kier alpha value is -2.66. The van der Waals surface area contributed by atoms with E-state index < -0.39 is 5.69 Å². The number of carbonyl (C=O) groups is 1. The highest BCUT2D eigenvalue weighted by Crippen LogP contribution is 2.30. The van der Waals surface area contributed by atoms with Crippen LogP contribution < -0.4 is 26.8 Å². The number of hydrogen-bond donors (Lipinski definition) is 3. The van der Waals surface area contributed by atoms with E-state index in [1.165, 1.54) is 4.57 Å². The molecule has 1 aromatic carbocycles. The third-order valence-corrected chi connectivity index (χ3v) is 6.83. The quantitative estimate of drug-likeness (QED) is 0.578. The van der Waals surface area contributed by atoms with Crippen LogP contribution in [-0.2, 0) is 6.42 Å². The lowest BCUT2D eigenvalue weighted by Gasteiger charge is -2.32. The number of fused-ring (bicyclic) bond motifs is 1. The maximum atomic E-state index is 12.7. The third-order valence-electron chi connectivity index (χ3n) is 6.83. The number of aromatic nitrogens is 2. The maximum absolute atomic E-state index is 12.7. The zero-order valence-electron chi connectivity index (χ0n) is 19.1. The Balaban J connectivity index is 0.00000274. The zero-order chi connectivity index (χ0) is 22.8. The van der Waals surface area contributed by atoms with E-state index in [2.05, 4.69) is 20.5 Å². The van der Waals surface area contributed by atoms with Gasteiger partial charge in [0.1, 0.15) is 18.2 Å². The molecule has 2 aromatic rings. The van der Waals surface area contributed by atoms with Gasteiger partial charge in [0, 0.05) is 51.0 Å². The molecule has 0 spiro atoms. The number of hydrogen-bond acceptors (Lipinski definition) is 7. The first-order valence-electron chi connectivity index (χ1n) is 11.7. The summed E-state index contributed by atoms with van der Waals surface area (Å²) in [6, 6.07) is 7.59. The molecule has 1 aromatic heterocycles. The van der Waals surface area contributed by atoms with E-state index in [0.29, 0.717) is 37.3 Å². The second-order valence-corrected chi connectivity index (χ2v) is 8.98. The first kappa shape index (κ1) is 24.5. The summed E-state index contributed by atoms with van der Waals surface area (Å²) in [5.41, 5.74) is 7.22. The molecule has 2 fully saturated rings. The summed E-state index contributed by atoms with van der Waals surface area (Å²) in [6.07, 6.45) is 3.71. The second kappa shape index (κ2) is 10.7. The SMILES string of the molecule is Cl.NC[C@H]1CCN(C2COc3cc(-n4ccc(NC(=O)N5CCNCC5)nc4=O)ccc3C2)C1. The van der Waals surface area contributed by atoms with Gasteiger partial charge in [0.25, 0.3) is 0 Å². The van der Waals surface area contributed by atoms with Crippen molar-refractivity contribution in [2.24, 2.45) is 11.7 Å². The highest BCUT2D eigenvalue weighted by molar-refractivity contribution is 5.88. The third kappa shape index (κ3) is 5.20. The lowest BCUT2D eigenvalue weighted by molar-refractivity contribution is 0.138. The lowest BCUT2D eigenvalue weighted by Crippen LogP contribution is -2.48. The smallest absolute Gasteiger partial charge is 0.354 e. The van der Waals surface area contributed by atoms with Crippen LogP contribution >= 0.6 is 12.4 Å². The van der Waals surface area contributed by atoms with E-state index in [-0.39, 0.29) is 24.3 Å². The average Bonchev–Trinajstić information content (AvgIpc) is 3.33. The minimum absolute atomic E-state index is 0. The Labute approximate surface area is 204 Å². The summed E-state index contributed by atoms with van der Waals surface area (Å²) in [5.74, 6) is 1.64. The molecule has 0 aliphatic carbocycles. The van der Waals surface area contributed by atoms with E-state index in [4.69, 9.17) is 10.5 Å². The summed E-state index contributed by atoms with van der Waals surface area (Å²) in [7, 11) is 0. The van der Waals surface area contributed by atoms with Gasteiger partial charge in [-0.05, 0) is 49.5 Å². The van der Waals surface area contributed by atoms with E-state index in [1.54, 1.807) is 17.2 Å². The normalized spacial score (nSPS) is 22.4. The highest BCUT2D eigenvalue weighted by Gasteiger charge is 2.31. The van der Waals surface area contributed by atoms with Crippen LogP contribution in [0.4, 0.5) is 10.6 Å². The van der Waals surface area contributed by atoms with Crippen molar-refractivity contribution in [2.75, 3.05) is 57.7 Å². The summed E-state index contributed by atoms with van der Waals surface area (Å²) in [4.78, 5) is 33.3. The standard InChI is InChI=1S/C23H31N7O3.ClH/c24-13-16-3-7-29(14-16)19-11-17-1-2-18(12-20(17)33-15-19)30-8-4-21(27-23(30)32)26-22(31)28-9-5-25-6-10-28;/h1-2,4,8,12,16,19,25H,3,5-7,9-11,13-15,24H2,(H,26,27,31,32);1H/t16-,19?;/m1./s1. The first-order chi connectivity index (χ1) is 16.1. The molecule has 5 rings (SSSR count). The molecule has 0 radical (unpaired) electrons. The van der Waals surface area contributed by atoms with Gasteiger partial charge in [0.2, 0.25) is 0 Å². The number of nitrogens with zero attached hydrogens (tertiary/aromatic N) is 4. The molecular formula is C23H32ClN7O3. The minimum atomic E-state index is -0.452. The first-order valence-corrected chi connectivity index (χ1v) is 11.7. The van der Waals surface area contributed by atoms with Crippen molar-refractivity contribution in [3.63, 3.8) is 0 Å². The molecular weight excluding hydrogens is 458 g/mol. The molecule has 1 unspecified atom stereocenters. The largest absolute Gasteiger partial charge is 0.492 e. The Morgan fingerprint density at radius 1 is 1.24 bits per heavy atom.